The van der Waals surface area contributed by atoms with Gasteiger partial charge >= 0.3 is 0 Å². The second-order valence-corrected chi connectivity index (χ2v) is 6.69. The first kappa shape index (κ1) is 14.3. The van der Waals surface area contributed by atoms with E-state index in [2.05, 4.69) is 10.6 Å². The quantitative estimate of drug-likeness (QED) is 0.773. The molecule has 2 rings (SSSR count). The highest BCUT2D eigenvalue weighted by atomic mass is 32.2. The van der Waals surface area contributed by atoms with Gasteiger partial charge in [-0.15, -0.1) is 0 Å². The van der Waals surface area contributed by atoms with Crippen molar-refractivity contribution in [2.45, 2.75) is 37.6 Å². The third kappa shape index (κ3) is 3.46. The first-order valence-electron chi connectivity index (χ1n) is 6.49. The number of aryl methyl sites for hydroxylation is 1. The van der Waals surface area contributed by atoms with Gasteiger partial charge in [0.25, 0.3) is 0 Å². The van der Waals surface area contributed by atoms with Gasteiger partial charge in [0, 0.05) is 18.3 Å². The molecule has 1 aromatic rings. The van der Waals surface area contributed by atoms with Crippen molar-refractivity contribution < 1.29 is 8.42 Å². The highest BCUT2D eigenvalue weighted by Crippen LogP contribution is 2.23. The number of sulfonamides is 1. The Bertz CT molecular complexity index is 563. The van der Waals surface area contributed by atoms with Gasteiger partial charge in [-0.3, -0.25) is 0 Å². The van der Waals surface area contributed by atoms with Crippen LogP contribution in [0.4, 0.5) is 5.69 Å². The molecular formula is C13H21N3O2S. The predicted molar refractivity (Wildman–Crippen MR) is 76.8 cm³/mol. The summed E-state index contributed by atoms with van der Waals surface area (Å²) in [5, 5.41) is 11.9. The van der Waals surface area contributed by atoms with Crippen LogP contribution in [0.1, 0.15) is 24.0 Å². The lowest BCUT2D eigenvalue weighted by atomic mass is 10.1. The molecule has 1 unspecified atom stereocenters. The van der Waals surface area contributed by atoms with Crippen molar-refractivity contribution in [1.82, 2.24) is 5.32 Å². The monoisotopic (exact) mass is 283 g/mol. The van der Waals surface area contributed by atoms with E-state index in [4.69, 9.17) is 5.14 Å². The number of anilines is 1. The van der Waals surface area contributed by atoms with Crippen LogP contribution < -0.4 is 15.8 Å². The van der Waals surface area contributed by atoms with Gasteiger partial charge in [-0.2, -0.15) is 0 Å². The first-order valence-corrected chi connectivity index (χ1v) is 8.04. The lowest BCUT2D eigenvalue weighted by Crippen LogP contribution is -2.29. The van der Waals surface area contributed by atoms with Gasteiger partial charge in [0.15, 0.2) is 0 Å². The van der Waals surface area contributed by atoms with Gasteiger partial charge in [-0.05, 0) is 56.5 Å². The van der Waals surface area contributed by atoms with Crippen molar-refractivity contribution in [3.05, 3.63) is 23.3 Å². The summed E-state index contributed by atoms with van der Waals surface area (Å²) in [7, 11) is -3.66. The smallest absolute Gasteiger partial charge is 0.238 e. The molecule has 0 radical (unpaired) electrons. The van der Waals surface area contributed by atoms with Crippen molar-refractivity contribution in [2.75, 3.05) is 18.4 Å². The fourth-order valence-electron chi connectivity index (χ4n) is 2.34. The molecule has 106 valence electrons. The topological polar surface area (TPSA) is 84.2 Å². The van der Waals surface area contributed by atoms with Crippen LogP contribution in [0.5, 0.6) is 0 Å². The maximum Gasteiger partial charge on any atom is 0.238 e. The lowest BCUT2D eigenvalue weighted by molar-refractivity contribution is 0.597. The highest BCUT2D eigenvalue weighted by Gasteiger charge is 2.16. The molecule has 0 bridgehead atoms. The van der Waals surface area contributed by atoms with Crippen LogP contribution in [-0.4, -0.2) is 27.5 Å². The van der Waals surface area contributed by atoms with E-state index in [-0.39, 0.29) is 4.90 Å². The number of primary sulfonamides is 1. The van der Waals surface area contributed by atoms with Crippen LogP contribution in [0, 0.1) is 13.8 Å². The Balaban J connectivity index is 2.20. The molecule has 1 aliphatic heterocycles. The van der Waals surface area contributed by atoms with E-state index in [1.807, 2.05) is 13.8 Å². The molecule has 1 saturated heterocycles. The third-order valence-electron chi connectivity index (χ3n) is 3.67. The molecule has 0 amide bonds. The maximum atomic E-state index is 11.4. The highest BCUT2D eigenvalue weighted by molar-refractivity contribution is 7.89. The Hall–Kier alpha value is -1.11. The van der Waals surface area contributed by atoms with E-state index in [1.54, 1.807) is 12.1 Å². The van der Waals surface area contributed by atoms with Gasteiger partial charge in [-0.25, -0.2) is 13.6 Å². The van der Waals surface area contributed by atoms with E-state index in [1.165, 1.54) is 6.42 Å². The Morgan fingerprint density at radius 3 is 2.74 bits per heavy atom. The van der Waals surface area contributed by atoms with Crippen LogP contribution >= 0.6 is 0 Å². The number of hydrogen-bond acceptors (Lipinski definition) is 4. The van der Waals surface area contributed by atoms with E-state index >= 15 is 0 Å². The number of benzene rings is 1. The van der Waals surface area contributed by atoms with E-state index in [0.717, 1.165) is 36.3 Å². The fourth-order valence-corrected chi connectivity index (χ4v) is 2.96. The summed E-state index contributed by atoms with van der Waals surface area (Å²) in [4.78, 5) is 0.164. The molecule has 1 aromatic carbocycles. The standard InChI is InChI=1S/C13H21N3O2S/c1-9-6-12(19(14,17)18)7-13(10(9)2)16-8-11-4-3-5-15-11/h6-7,11,15-16H,3-5,8H2,1-2H3,(H2,14,17,18). The molecule has 5 nitrogen and oxygen atoms in total. The minimum atomic E-state index is -3.66. The molecule has 1 fully saturated rings. The average molecular weight is 283 g/mol. The molecule has 0 aromatic heterocycles. The Kier molecular flexibility index (Phi) is 4.13. The van der Waals surface area contributed by atoms with Crippen LogP contribution in [0.2, 0.25) is 0 Å². The van der Waals surface area contributed by atoms with E-state index in [9.17, 15) is 8.42 Å². The lowest BCUT2D eigenvalue weighted by Gasteiger charge is -2.16. The minimum Gasteiger partial charge on any atom is -0.383 e. The summed E-state index contributed by atoms with van der Waals surface area (Å²) in [5.41, 5.74) is 2.83. The Labute approximate surface area is 114 Å². The first-order chi connectivity index (χ1) is 8.88. The molecular weight excluding hydrogens is 262 g/mol. The van der Waals surface area contributed by atoms with Crippen LogP contribution in [0.25, 0.3) is 0 Å². The SMILES string of the molecule is Cc1cc(S(N)(=O)=O)cc(NCC2CCCN2)c1C. The molecule has 0 saturated carbocycles. The Morgan fingerprint density at radius 2 is 2.16 bits per heavy atom. The normalized spacial score (nSPS) is 19.6. The number of nitrogens with two attached hydrogens (primary N) is 1. The van der Waals surface area contributed by atoms with Gasteiger partial charge in [-0.1, -0.05) is 0 Å². The second kappa shape index (κ2) is 5.48. The zero-order valence-corrected chi connectivity index (χ0v) is 12.2. The largest absolute Gasteiger partial charge is 0.383 e. The van der Waals surface area contributed by atoms with Gasteiger partial charge in [0.2, 0.25) is 10.0 Å². The average Bonchev–Trinajstić information content (AvgIpc) is 2.82. The number of rotatable bonds is 4. The van der Waals surface area contributed by atoms with Crippen molar-refractivity contribution in [2.24, 2.45) is 5.14 Å². The van der Waals surface area contributed by atoms with Crippen molar-refractivity contribution in [1.29, 1.82) is 0 Å². The molecule has 1 aliphatic rings. The van der Waals surface area contributed by atoms with Crippen molar-refractivity contribution in [3.8, 4) is 0 Å². The van der Waals surface area contributed by atoms with E-state index in [0.29, 0.717) is 6.04 Å². The number of nitrogens with one attached hydrogen (secondary N) is 2. The molecule has 19 heavy (non-hydrogen) atoms. The maximum absolute atomic E-state index is 11.4. The van der Waals surface area contributed by atoms with Gasteiger partial charge in [0.1, 0.15) is 0 Å². The van der Waals surface area contributed by atoms with Crippen LogP contribution in [-0.2, 0) is 10.0 Å². The van der Waals surface area contributed by atoms with Crippen molar-refractivity contribution in [3.63, 3.8) is 0 Å². The summed E-state index contributed by atoms with van der Waals surface area (Å²) >= 11 is 0. The molecule has 6 heteroatoms. The fraction of sp³-hybridized carbons (Fsp3) is 0.538. The molecule has 0 aliphatic carbocycles. The van der Waals surface area contributed by atoms with Crippen molar-refractivity contribution >= 4 is 15.7 Å². The molecule has 1 heterocycles. The zero-order chi connectivity index (χ0) is 14.0. The summed E-state index contributed by atoms with van der Waals surface area (Å²) in [6, 6.07) is 3.69. The summed E-state index contributed by atoms with van der Waals surface area (Å²) in [6.07, 6.45) is 2.35. The van der Waals surface area contributed by atoms with E-state index < -0.39 is 10.0 Å². The van der Waals surface area contributed by atoms with Crippen LogP contribution in [0.3, 0.4) is 0 Å². The molecule has 0 spiro atoms. The Morgan fingerprint density at radius 1 is 1.42 bits per heavy atom. The van der Waals surface area contributed by atoms with Crippen LogP contribution in [0.15, 0.2) is 17.0 Å². The summed E-state index contributed by atoms with van der Waals surface area (Å²) in [6.45, 7) is 5.73. The van der Waals surface area contributed by atoms with Gasteiger partial charge < -0.3 is 10.6 Å². The third-order valence-corrected chi connectivity index (χ3v) is 4.56. The summed E-state index contributed by atoms with van der Waals surface area (Å²) < 4.78 is 22.9. The number of hydrogen-bond donors (Lipinski definition) is 3. The molecule has 1 atom stereocenters. The predicted octanol–water partition coefficient (Wildman–Crippen LogP) is 1.11. The zero-order valence-electron chi connectivity index (χ0n) is 11.4. The summed E-state index contributed by atoms with van der Waals surface area (Å²) in [5.74, 6) is 0. The van der Waals surface area contributed by atoms with Gasteiger partial charge in [0.05, 0.1) is 4.90 Å². The molecule has 4 N–H and O–H groups in total. The minimum absolute atomic E-state index is 0.164. The second-order valence-electron chi connectivity index (χ2n) is 5.13.